The predicted molar refractivity (Wildman–Crippen MR) is 112 cm³/mol. The highest BCUT2D eigenvalue weighted by molar-refractivity contribution is 6.46. The Morgan fingerprint density at radius 2 is 1.93 bits per heavy atom. The number of aliphatic hydroxyl groups is 1. The number of furan rings is 1. The zero-order valence-electron chi connectivity index (χ0n) is 16.8. The molecule has 1 aromatic heterocycles. The van der Waals surface area contributed by atoms with E-state index in [2.05, 4.69) is 4.90 Å². The van der Waals surface area contributed by atoms with E-state index in [9.17, 15) is 14.7 Å². The van der Waals surface area contributed by atoms with Crippen molar-refractivity contribution in [1.82, 2.24) is 9.80 Å². The molecule has 0 bridgehead atoms. The molecule has 7 heteroatoms. The van der Waals surface area contributed by atoms with E-state index in [1.54, 1.807) is 43.3 Å². The number of carbonyl (C=O) groups is 2. The van der Waals surface area contributed by atoms with Crippen molar-refractivity contribution >= 4 is 29.1 Å². The molecule has 1 saturated heterocycles. The second-order valence-corrected chi connectivity index (χ2v) is 7.41. The third-order valence-corrected chi connectivity index (χ3v) is 5.46. The minimum atomic E-state index is -0.779. The van der Waals surface area contributed by atoms with Crippen LogP contribution in [-0.2, 0) is 9.59 Å². The van der Waals surface area contributed by atoms with Gasteiger partial charge in [0.15, 0.2) is 0 Å². The van der Waals surface area contributed by atoms with Crippen LogP contribution in [0.25, 0.3) is 5.76 Å². The third-order valence-electron chi connectivity index (χ3n) is 5.22. The van der Waals surface area contributed by atoms with Gasteiger partial charge in [-0.15, -0.1) is 0 Å². The molecule has 1 N–H and O–H groups in total. The highest BCUT2D eigenvalue weighted by Gasteiger charge is 2.47. The monoisotopic (exact) mass is 416 g/mol. The number of carbonyl (C=O) groups excluding carboxylic acids is 2. The zero-order valence-corrected chi connectivity index (χ0v) is 17.6. The summed E-state index contributed by atoms with van der Waals surface area (Å²) in [6.07, 6.45) is 0. The van der Waals surface area contributed by atoms with Gasteiger partial charge < -0.3 is 19.3 Å². The number of hydrogen-bond acceptors (Lipinski definition) is 5. The third kappa shape index (κ3) is 4.23. The molecule has 0 radical (unpaired) electrons. The van der Waals surface area contributed by atoms with Crippen LogP contribution in [0.4, 0.5) is 0 Å². The molecule has 1 aliphatic heterocycles. The molecule has 154 valence electrons. The molecular formula is C22H25ClN2O4. The summed E-state index contributed by atoms with van der Waals surface area (Å²) in [7, 11) is 0. The van der Waals surface area contributed by atoms with E-state index in [-0.39, 0.29) is 11.3 Å². The van der Waals surface area contributed by atoms with E-state index in [4.69, 9.17) is 16.0 Å². The van der Waals surface area contributed by atoms with Crippen molar-refractivity contribution < 1.29 is 19.1 Å². The molecule has 0 spiro atoms. The molecule has 1 unspecified atom stereocenters. The van der Waals surface area contributed by atoms with Gasteiger partial charge in [-0.05, 0) is 44.3 Å². The summed E-state index contributed by atoms with van der Waals surface area (Å²) in [6.45, 7) is 8.54. The first-order valence-electron chi connectivity index (χ1n) is 9.70. The molecule has 1 aliphatic rings. The average Bonchev–Trinajstić information content (AvgIpc) is 3.24. The number of nitrogens with zero attached hydrogens (tertiary/aromatic N) is 2. The Hall–Kier alpha value is -2.57. The molecule has 1 atom stereocenters. The normalized spacial score (nSPS) is 18.8. The number of aliphatic hydroxyl groups excluding tert-OH is 1. The lowest BCUT2D eigenvalue weighted by molar-refractivity contribution is -0.140. The largest absolute Gasteiger partial charge is 0.507 e. The van der Waals surface area contributed by atoms with Gasteiger partial charge in [-0.1, -0.05) is 37.6 Å². The van der Waals surface area contributed by atoms with Crippen LogP contribution in [0.3, 0.4) is 0 Å². The van der Waals surface area contributed by atoms with Crippen LogP contribution in [0.5, 0.6) is 0 Å². The number of benzene rings is 1. The fourth-order valence-electron chi connectivity index (χ4n) is 3.59. The van der Waals surface area contributed by atoms with Gasteiger partial charge in [0.1, 0.15) is 23.3 Å². The Kier molecular flexibility index (Phi) is 6.45. The summed E-state index contributed by atoms with van der Waals surface area (Å²) in [4.78, 5) is 29.4. The van der Waals surface area contributed by atoms with Crippen LogP contribution in [0.1, 0.15) is 37.0 Å². The standard InChI is InChI=1S/C22H25ClN2O4/c1-4-24(5-2)11-12-25-19(17-10-9-14(3)29-17)18(21(27)22(25)28)20(26)15-7-6-8-16(23)13-15/h6-10,13,19,26H,4-5,11-12H2,1-3H3/b20-18-. The SMILES string of the molecule is CCN(CC)CCN1C(=O)C(=O)/C(=C(\O)c2cccc(Cl)c2)C1c1ccc(C)o1. The van der Waals surface area contributed by atoms with Gasteiger partial charge in [-0.3, -0.25) is 9.59 Å². The maximum atomic E-state index is 12.9. The maximum absolute atomic E-state index is 12.9. The molecule has 0 saturated carbocycles. The molecule has 1 fully saturated rings. The lowest BCUT2D eigenvalue weighted by Gasteiger charge is -2.26. The summed E-state index contributed by atoms with van der Waals surface area (Å²) >= 11 is 6.04. The lowest BCUT2D eigenvalue weighted by Crippen LogP contribution is -2.37. The van der Waals surface area contributed by atoms with Gasteiger partial charge in [-0.2, -0.15) is 0 Å². The molecule has 29 heavy (non-hydrogen) atoms. The second kappa shape index (κ2) is 8.84. The molecular weight excluding hydrogens is 392 g/mol. The summed E-state index contributed by atoms with van der Waals surface area (Å²) < 4.78 is 5.76. The van der Waals surface area contributed by atoms with Crippen LogP contribution in [0, 0.1) is 6.92 Å². The Bertz CT molecular complexity index is 946. The van der Waals surface area contributed by atoms with E-state index >= 15 is 0 Å². The molecule has 2 aromatic rings. The molecule has 2 heterocycles. The summed E-state index contributed by atoms with van der Waals surface area (Å²) in [5.74, 6) is -0.502. The smallest absolute Gasteiger partial charge is 0.295 e. The van der Waals surface area contributed by atoms with Gasteiger partial charge >= 0.3 is 0 Å². The van der Waals surface area contributed by atoms with Gasteiger partial charge in [0.25, 0.3) is 11.7 Å². The molecule has 3 rings (SSSR count). The Morgan fingerprint density at radius 3 is 2.52 bits per heavy atom. The highest BCUT2D eigenvalue weighted by atomic mass is 35.5. The van der Waals surface area contributed by atoms with Gasteiger partial charge in [-0.25, -0.2) is 0 Å². The van der Waals surface area contributed by atoms with E-state index in [1.807, 2.05) is 13.8 Å². The van der Waals surface area contributed by atoms with Crippen molar-refractivity contribution in [3.63, 3.8) is 0 Å². The summed E-state index contributed by atoms with van der Waals surface area (Å²) in [5.41, 5.74) is 0.402. The zero-order chi connectivity index (χ0) is 21.1. The van der Waals surface area contributed by atoms with Gasteiger partial charge in [0.2, 0.25) is 0 Å². The van der Waals surface area contributed by atoms with Crippen molar-refractivity contribution in [2.45, 2.75) is 26.8 Å². The molecule has 6 nitrogen and oxygen atoms in total. The van der Waals surface area contributed by atoms with E-state index in [1.165, 1.54) is 4.90 Å². The van der Waals surface area contributed by atoms with E-state index < -0.39 is 17.7 Å². The number of likely N-dealkylation sites (tertiary alicyclic amines) is 1. The number of Topliss-reactive ketones (excluding diaryl/α,β-unsaturated/α-hetero) is 1. The first kappa shape index (κ1) is 21.1. The van der Waals surface area contributed by atoms with Gasteiger partial charge in [0.05, 0.1) is 5.57 Å². The first-order valence-corrected chi connectivity index (χ1v) is 10.1. The van der Waals surface area contributed by atoms with Gasteiger partial charge in [0, 0.05) is 23.7 Å². The number of hydrogen-bond donors (Lipinski definition) is 1. The minimum Gasteiger partial charge on any atom is -0.507 e. The minimum absolute atomic E-state index is 0.0196. The number of halogens is 1. The maximum Gasteiger partial charge on any atom is 0.295 e. The number of likely N-dealkylation sites (N-methyl/N-ethyl adjacent to an activating group) is 1. The summed E-state index contributed by atoms with van der Waals surface area (Å²) in [6, 6.07) is 9.30. The van der Waals surface area contributed by atoms with Crippen LogP contribution in [-0.4, -0.2) is 52.8 Å². The molecule has 1 aromatic carbocycles. The van der Waals surface area contributed by atoms with Crippen molar-refractivity contribution in [2.24, 2.45) is 0 Å². The fraction of sp³-hybridized carbons (Fsp3) is 0.364. The van der Waals surface area contributed by atoms with E-state index in [0.717, 1.165) is 13.1 Å². The van der Waals surface area contributed by atoms with Crippen LogP contribution >= 0.6 is 11.6 Å². The quantitative estimate of drug-likeness (QED) is 0.419. The Balaban J connectivity index is 2.07. The number of ketones is 1. The highest BCUT2D eigenvalue weighted by Crippen LogP contribution is 2.40. The average molecular weight is 417 g/mol. The predicted octanol–water partition coefficient (Wildman–Crippen LogP) is 4.00. The van der Waals surface area contributed by atoms with Crippen LogP contribution < -0.4 is 0 Å². The Morgan fingerprint density at radius 1 is 1.21 bits per heavy atom. The molecule has 0 aliphatic carbocycles. The molecule has 1 amide bonds. The number of aryl methyl sites for hydroxylation is 1. The van der Waals surface area contributed by atoms with Crippen molar-refractivity contribution in [1.29, 1.82) is 0 Å². The van der Waals surface area contributed by atoms with Crippen LogP contribution in [0.15, 0.2) is 46.4 Å². The fourth-order valence-corrected chi connectivity index (χ4v) is 3.78. The van der Waals surface area contributed by atoms with Crippen molar-refractivity contribution in [2.75, 3.05) is 26.2 Å². The van der Waals surface area contributed by atoms with Crippen molar-refractivity contribution in [3.05, 3.63) is 64.1 Å². The van der Waals surface area contributed by atoms with E-state index in [0.29, 0.717) is 35.2 Å². The summed E-state index contributed by atoms with van der Waals surface area (Å²) in [5, 5.41) is 11.4. The Labute approximate surface area is 175 Å². The van der Waals surface area contributed by atoms with Crippen LogP contribution in [0.2, 0.25) is 5.02 Å². The second-order valence-electron chi connectivity index (χ2n) is 6.98. The lowest BCUT2D eigenvalue weighted by atomic mass is 9.99. The first-order chi connectivity index (χ1) is 13.9. The van der Waals surface area contributed by atoms with Crippen molar-refractivity contribution in [3.8, 4) is 0 Å². The number of amides is 1. The topological polar surface area (TPSA) is 74.0 Å². The number of rotatable bonds is 7.